The SMILES string of the molecule is CCOC=C[C@]12CC[C@H]3[C@@H](CC(N)C4=CC(=O)CC[C@@]43C)[C@@H]1CC[C@]2(C)O. The third kappa shape index (κ3) is 2.66. The van der Waals surface area contributed by atoms with Gasteiger partial charge in [-0.15, -0.1) is 0 Å². The van der Waals surface area contributed by atoms with Crippen LogP contribution >= 0.6 is 0 Å². The van der Waals surface area contributed by atoms with Crippen molar-refractivity contribution in [2.45, 2.75) is 77.4 Å². The van der Waals surface area contributed by atoms with Crippen molar-refractivity contribution in [1.82, 2.24) is 0 Å². The van der Waals surface area contributed by atoms with Gasteiger partial charge in [0.2, 0.25) is 0 Å². The molecule has 4 nitrogen and oxygen atoms in total. The van der Waals surface area contributed by atoms with Gasteiger partial charge >= 0.3 is 0 Å². The lowest BCUT2D eigenvalue weighted by Crippen LogP contribution is -2.58. The molecule has 3 fully saturated rings. The van der Waals surface area contributed by atoms with E-state index < -0.39 is 5.60 Å². The number of carbonyl (C=O) groups is 1. The largest absolute Gasteiger partial charge is 0.502 e. The summed E-state index contributed by atoms with van der Waals surface area (Å²) in [5.41, 5.74) is 6.96. The Morgan fingerprint density at radius 3 is 2.74 bits per heavy atom. The number of aliphatic hydroxyl groups is 1. The van der Waals surface area contributed by atoms with Crippen molar-refractivity contribution in [3.63, 3.8) is 0 Å². The van der Waals surface area contributed by atoms with Crippen LogP contribution in [0.25, 0.3) is 0 Å². The molecule has 0 aromatic heterocycles. The van der Waals surface area contributed by atoms with Gasteiger partial charge in [-0.3, -0.25) is 4.79 Å². The smallest absolute Gasteiger partial charge is 0.155 e. The molecule has 4 aliphatic rings. The van der Waals surface area contributed by atoms with E-state index in [1.807, 2.05) is 26.2 Å². The Balaban J connectivity index is 1.72. The fourth-order valence-electron chi connectivity index (χ4n) is 7.33. The Bertz CT molecular complexity index is 681. The molecule has 0 saturated heterocycles. The number of ketones is 1. The highest BCUT2D eigenvalue weighted by atomic mass is 16.5. The van der Waals surface area contributed by atoms with Gasteiger partial charge < -0.3 is 15.6 Å². The second kappa shape index (κ2) is 6.45. The van der Waals surface area contributed by atoms with Crippen LogP contribution in [-0.2, 0) is 9.53 Å². The van der Waals surface area contributed by atoms with Crippen molar-refractivity contribution >= 4 is 5.78 Å². The van der Waals surface area contributed by atoms with Crippen LogP contribution in [0.5, 0.6) is 0 Å². The van der Waals surface area contributed by atoms with Crippen LogP contribution in [0.15, 0.2) is 24.0 Å². The maximum atomic E-state index is 12.0. The number of nitrogens with two attached hydrogens (primary N) is 1. The molecule has 0 aromatic rings. The van der Waals surface area contributed by atoms with Crippen molar-refractivity contribution in [2.24, 2.45) is 34.3 Å². The molecule has 0 aromatic carbocycles. The molecule has 150 valence electrons. The second-order valence-electron chi connectivity index (χ2n) is 9.85. The van der Waals surface area contributed by atoms with E-state index in [0.717, 1.165) is 38.5 Å². The predicted octanol–water partition coefficient (Wildman–Crippen LogP) is 3.74. The number of hydrogen-bond donors (Lipinski definition) is 2. The van der Waals surface area contributed by atoms with Gasteiger partial charge in [0.15, 0.2) is 5.78 Å². The quantitative estimate of drug-likeness (QED) is 0.739. The van der Waals surface area contributed by atoms with Crippen LogP contribution in [0, 0.1) is 28.6 Å². The molecule has 0 spiro atoms. The maximum Gasteiger partial charge on any atom is 0.155 e. The summed E-state index contributed by atoms with van der Waals surface area (Å²) in [5.74, 6) is 1.74. The molecular weight excluding hydrogens is 338 g/mol. The summed E-state index contributed by atoms with van der Waals surface area (Å²) in [4.78, 5) is 12.0. The summed E-state index contributed by atoms with van der Waals surface area (Å²) in [7, 11) is 0. The lowest BCUT2D eigenvalue weighted by molar-refractivity contribution is -0.119. The van der Waals surface area contributed by atoms with E-state index in [9.17, 15) is 9.90 Å². The average molecular weight is 374 g/mol. The van der Waals surface area contributed by atoms with E-state index in [4.69, 9.17) is 10.5 Å². The standard InChI is InChI=1S/C23H35NO3/c1-4-27-12-11-23-10-7-17-16(18(23)6-9-22(23,3)26)14-20(24)19-13-15(25)5-8-21(17,19)2/h11-13,16-18,20,26H,4-10,14,24H2,1-3H3/t16-,17+,18+,20?,21-,22+,23-/m1/s1. The van der Waals surface area contributed by atoms with Gasteiger partial charge in [0.1, 0.15) is 0 Å². The molecule has 7 atom stereocenters. The zero-order chi connectivity index (χ0) is 19.4. The Kier molecular flexibility index (Phi) is 4.59. The summed E-state index contributed by atoms with van der Waals surface area (Å²) < 4.78 is 5.54. The van der Waals surface area contributed by atoms with Gasteiger partial charge in [-0.05, 0) is 93.3 Å². The predicted molar refractivity (Wildman–Crippen MR) is 106 cm³/mol. The number of ether oxygens (including phenoxy) is 1. The molecule has 0 bridgehead atoms. The molecule has 4 aliphatic carbocycles. The lowest BCUT2D eigenvalue weighted by atomic mass is 9.45. The highest BCUT2D eigenvalue weighted by molar-refractivity contribution is 5.92. The van der Waals surface area contributed by atoms with Gasteiger partial charge in [-0.25, -0.2) is 0 Å². The maximum absolute atomic E-state index is 12.0. The van der Waals surface area contributed by atoms with E-state index in [2.05, 4.69) is 13.0 Å². The number of hydrogen-bond acceptors (Lipinski definition) is 4. The second-order valence-corrected chi connectivity index (χ2v) is 9.85. The summed E-state index contributed by atoms with van der Waals surface area (Å²) in [6.45, 7) is 7.00. The number of carbonyl (C=O) groups excluding carboxylic acids is 1. The zero-order valence-corrected chi connectivity index (χ0v) is 17.0. The summed E-state index contributed by atoms with van der Waals surface area (Å²) >= 11 is 0. The third-order valence-electron chi connectivity index (χ3n) is 8.75. The first-order chi connectivity index (χ1) is 12.7. The van der Waals surface area contributed by atoms with Crippen molar-refractivity contribution in [3.8, 4) is 0 Å². The van der Waals surface area contributed by atoms with Crippen LogP contribution < -0.4 is 5.73 Å². The topological polar surface area (TPSA) is 72.5 Å². The Hall–Kier alpha value is -1.13. The lowest BCUT2D eigenvalue weighted by Gasteiger charge is -2.60. The fourth-order valence-corrected chi connectivity index (χ4v) is 7.33. The number of fused-ring (bicyclic) bond motifs is 5. The van der Waals surface area contributed by atoms with Crippen LogP contribution in [0.3, 0.4) is 0 Å². The molecule has 4 rings (SSSR count). The van der Waals surface area contributed by atoms with Crippen LogP contribution in [0.1, 0.15) is 65.7 Å². The van der Waals surface area contributed by atoms with Gasteiger partial charge in [0.25, 0.3) is 0 Å². The molecule has 3 N–H and O–H groups in total. The van der Waals surface area contributed by atoms with Crippen molar-refractivity contribution in [2.75, 3.05) is 6.61 Å². The molecular formula is C23H35NO3. The summed E-state index contributed by atoms with van der Waals surface area (Å²) in [6, 6.07) is -0.0299. The van der Waals surface area contributed by atoms with E-state index in [-0.39, 0.29) is 22.7 Å². The van der Waals surface area contributed by atoms with Crippen molar-refractivity contribution in [1.29, 1.82) is 0 Å². The van der Waals surface area contributed by atoms with E-state index in [1.165, 1.54) is 5.57 Å². The van der Waals surface area contributed by atoms with Gasteiger partial charge in [-0.1, -0.05) is 6.92 Å². The normalized spacial score (nSPS) is 49.4. The van der Waals surface area contributed by atoms with Crippen molar-refractivity contribution < 1.29 is 14.6 Å². The first-order valence-corrected chi connectivity index (χ1v) is 10.8. The zero-order valence-electron chi connectivity index (χ0n) is 17.0. The molecule has 1 unspecified atom stereocenters. The fraction of sp³-hybridized carbons (Fsp3) is 0.783. The molecule has 27 heavy (non-hydrogen) atoms. The Morgan fingerprint density at radius 2 is 2.00 bits per heavy atom. The molecule has 0 radical (unpaired) electrons. The first-order valence-electron chi connectivity index (χ1n) is 10.8. The molecule has 0 aliphatic heterocycles. The summed E-state index contributed by atoms with van der Waals surface area (Å²) in [5, 5.41) is 11.3. The highest BCUT2D eigenvalue weighted by Crippen LogP contribution is 2.67. The third-order valence-corrected chi connectivity index (χ3v) is 8.75. The van der Waals surface area contributed by atoms with E-state index in [1.54, 1.807) is 0 Å². The summed E-state index contributed by atoms with van der Waals surface area (Å²) in [6.07, 6.45) is 12.3. The molecule has 3 saturated carbocycles. The molecule has 0 amide bonds. The van der Waals surface area contributed by atoms with E-state index >= 15 is 0 Å². The van der Waals surface area contributed by atoms with Crippen LogP contribution in [0.4, 0.5) is 0 Å². The minimum atomic E-state index is -0.695. The van der Waals surface area contributed by atoms with Gasteiger partial charge in [0.05, 0.1) is 18.5 Å². The van der Waals surface area contributed by atoms with Crippen molar-refractivity contribution in [3.05, 3.63) is 24.0 Å². The van der Waals surface area contributed by atoms with E-state index in [0.29, 0.717) is 30.8 Å². The molecule has 0 heterocycles. The monoisotopic (exact) mass is 373 g/mol. The van der Waals surface area contributed by atoms with Crippen LogP contribution in [0.2, 0.25) is 0 Å². The minimum absolute atomic E-state index is 0.0299. The van der Waals surface area contributed by atoms with Gasteiger partial charge in [0, 0.05) is 17.9 Å². The number of rotatable bonds is 3. The first kappa shape index (κ1) is 19.2. The molecule has 4 heteroatoms. The van der Waals surface area contributed by atoms with Gasteiger partial charge in [-0.2, -0.15) is 0 Å². The van der Waals surface area contributed by atoms with Crippen LogP contribution in [-0.4, -0.2) is 29.1 Å². The minimum Gasteiger partial charge on any atom is -0.502 e. The Labute approximate surface area is 163 Å². The Morgan fingerprint density at radius 1 is 1.26 bits per heavy atom. The highest BCUT2D eigenvalue weighted by Gasteiger charge is 2.64. The average Bonchev–Trinajstić information content (AvgIpc) is 2.88.